The number of anilines is 1. The fraction of sp³-hybridized carbons (Fsp3) is 0.526. The molecule has 8 heteroatoms. The van der Waals surface area contributed by atoms with Gasteiger partial charge in [0.2, 0.25) is 0 Å². The summed E-state index contributed by atoms with van der Waals surface area (Å²) in [5.74, 6) is 3.12. The van der Waals surface area contributed by atoms with Crippen LogP contribution in [0.5, 0.6) is 0 Å². The molecule has 1 aliphatic carbocycles. The van der Waals surface area contributed by atoms with Crippen molar-refractivity contribution >= 4 is 16.9 Å². The molecule has 0 unspecified atom stereocenters. The van der Waals surface area contributed by atoms with Crippen LogP contribution in [0.15, 0.2) is 4.79 Å². The second-order valence-electron chi connectivity index (χ2n) is 7.76. The second kappa shape index (κ2) is 5.87. The Bertz CT molecular complexity index is 1110. The zero-order valence-electron chi connectivity index (χ0n) is 15.9. The number of hydrogen-bond acceptors (Lipinski definition) is 6. The summed E-state index contributed by atoms with van der Waals surface area (Å²) in [5, 5.41) is 5.50. The van der Waals surface area contributed by atoms with E-state index in [1.54, 1.807) is 4.68 Å². The van der Waals surface area contributed by atoms with E-state index in [0.29, 0.717) is 18.9 Å². The molecule has 1 fully saturated rings. The average molecular weight is 365 g/mol. The lowest BCUT2D eigenvalue weighted by atomic mass is 10.1. The largest absolute Gasteiger partial charge is 0.350 e. The molecular formula is C19H23N7O. The summed E-state index contributed by atoms with van der Waals surface area (Å²) in [7, 11) is 1.91. The summed E-state index contributed by atoms with van der Waals surface area (Å²) in [4.78, 5) is 31.8. The number of fused-ring (bicyclic) bond motifs is 2. The molecule has 3 aromatic heterocycles. The van der Waals surface area contributed by atoms with Crippen LogP contribution in [0, 0.1) is 19.8 Å². The molecule has 1 aliphatic heterocycles. The van der Waals surface area contributed by atoms with Crippen LogP contribution in [-0.2, 0) is 26.4 Å². The monoisotopic (exact) mass is 365 g/mol. The molecule has 27 heavy (non-hydrogen) atoms. The molecule has 0 radical (unpaired) electrons. The van der Waals surface area contributed by atoms with Crippen molar-refractivity contribution < 1.29 is 0 Å². The lowest BCUT2D eigenvalue weighted by molar-refractivity contribution is 0.664. The third-order valence-electron chi connectivity index (χ3n) is 5.55. The first-order valence-corrected chi connectivity index (χ1v) is 9.53. The lowest BCUT2D eigenvalue weighted by Gasteiger charge is -2.29. The first kappa shape index (κ1) is 16.4. The summed E-state index contributed by atoms with van der Waals surface area (Å²) in [6, 6.07) is 0. The molecule has 0 saturated heterocycles. The first-order valence-electron chi connectivity index (χ1n) is 9.53. The van der Waals surface area contributed by atoms with Crippen molar-refractivity contribution in [3.63, 3.8) is 0 Å². The highest BCUT2D eigenvalue weighted by Gasteiger charge is 2.27. The topological polar surface area (TPSA) is 92.6 Å². The number of nitrogens with one attached hydrogen (secondary N) is 1. The molecule has 0 aromatic carbocycles. The van der Waals surface area contributed by atoms with Crippen molar-refractivity contribution in [3.05, 3.63) is 39.0 Å². The fourth-order valence-corrected chi connectivity index (χ4v) is 4.02. The van der Waals surface area contributed by atoms with Crippen LogP contribution >= 0.6 is 0 Å². The van der Waals surface area contributed by atoms with Crippen LogP contribution in [-0.4, -0.2) is 36.3 Å². The van der Waals surface area contributed by atoms with Crippen LogP contribution in [0.1, 0.15) is 41.4 Å². The molecule has 1 N–H and O–H groups in total. The van der Waals surface area contributed by atoms with E-state index in [-0.39, 0.29) is 5.56 Å². The van der Waals surface area contributed by atoms with Gasteiger partial charge in [0.05, 0.1) is 23.3 Å². The van der Waals surface area contributed by atoms with Gasteiger partial charge in [-0.1, -0.05) is 0 Å². The highest BCUT2D eigenvalue weighted by molar-refractivity contribution is 5.90. The number of aromatic nitrogens is 6. The first-order chi connectivity index (χ1) is 13.0. The van der Waals surface area contributed by atoms with Crippen molar-refractivity contribution in [1.29, 1.82) is 0 Å². The van der Waals surface area contributed by atoms with Gasteiger partial charge in [-0.05, 0) is 39.0 Å². The molecule has 0 atom stereocenters. The molecule has 2 aliphatic rings. The van der Waals surface area contributed by atoms with E-state index >= 15 is 0 Å². The summed E-state index contributed by atoms with van der Waals surface area (Å²) >= 11 is 0. The van der Waals surface area contributed by atoms with Crippen molar-refractivity contribution in [2.45, 2.75) is 46.1 Å². The highest BCUT2D eigenvalue weighted by atomic mass is 16.1. The second-order valence-corrected chi connectivity index (χ2v) is 7.76. The Kier molecular flexibility index (Phi) is 3.57. The van der Waals surface area contributed by atoms with E-state index in [4.69, 9.17) is 9.97 Å². The van der Waals surface area contributed by atoms with Crippen molar-refractivity contribution in [2.24, 2.45) is 13.0 Å². The Morgan fingerprint density at radius 2 is 2.00 bits per heavy atom. The van der Waals surface area contributed by atoms with Gasteiger partial charge in [0, 0.05) is 25.6 Å². The van der Waals surface area contributed by atoms with Gasteiger partial charge in [0.15, 0.2) is 5.65 Å². The molecule has 8 nitrogen and oxygen atoms in total. The zero-order chi connectivity index (χ0) is 18.7. The molecule has 1 saturated carbocycles. The molecule has 140 valence electrons. The van der Waals surface area contributed by atoms with E-state index in [1.807, 2.05) is 20.9 Å². The predicted molar refractivity (Wildman–Crippen MR) is 102 cm³/mol. The SMILES string of the molecule is Cc1nc(N2CCc3c(nc(CC4CC4)[nH]c3=O)C2)c2c(C)nn(C)c2n1. The maximum Gasteiger partial charge on any atom is 0.254 e. The number of aryl methyl sites for hydroxylation is 3. The van der Waals surface area contributed by atoms with Gasteiger partial charge in [-0.15, -0.1) is 0 Å². The number of H-pyrrole nitrogens is 1. The van der Waals surface area contributed by atoms with Crippen LogP contribution in [0.4, 0.5) is 5.82 Å². The minimum atomic E-state index is 0.0249. The lowest BCUT2D eigenvalue weighted by Crippen LogP contribution is -2.36. The van der Waals surface area contributed by atoms with Crippen molar-refractivity contribution in [3.8, 4) is 0 Å². The summed E-state index contributed by atoms with van der Waals surface area (Å²) < 4.78 is 1.80. The molecule has 0 amide bonds. The normalized spacial score (nSPS) is 16.8. The van der Waals surface area contributed by atoms with E-state index in [2.05, 4.69) is 20.0 Å². The van der Waals surface area contributed by atoms with Gasteiger partial charge >= 0.3 is 0 Å². The Labute approximate surface area is 156 Å². The van der Waals surface area contributed by atoms with Gasteiger partial charge in [0.1, 0.15) is 17.5 Å². The van der Waals surface area contributed by atoms with Gasteiger partial charge in [-0.25, -0.2) is 15.0 Å². The van der Waals surface area contributed by atoms with E-state index in [9.17, 15) is 4.79 Å². The minimum absolute atomic E-state index is 0.0249. The third kappa shape index (κ3) is 2.79. The Morgan fingerprint density at radius 3 is 2.78 bits per heavy atom. The number of nitrogens with zero attached hydrogens (tertiary/aromatic N) is 6. The standard InChI is InChI=1S/C19H23N7O/c1-10-16-17(25(3)24-10)20-11(2)21-18(16)26-7-6-13-14(9-26)22-15(23-19(13)27)8-12-4-5-12/h12H,4-9H2,1-3H3,(H,22,23,27). The Balaban J connectivity index is 1.57. The van der Waals surface area contributed by atoms with E-state index in [0.717, 1.165) is 58.4 Å². The van der Waals surface area contributed by atoms with Crippen molar-refractivity contribution in [2.75, 3.05) is 11.4 Å². The smallest absolute Gasteiger partial charge is 0.254 e. The van der Waals surface area contributed by atoms with E-state index < -0.39 is 0 Å². The third-order valence-corrected chi connectivity index (χ3v) is 5.55. The number of rotatable bonds is 3. The summed E-state index contributed by atoms with van der Waals surface area (Å²) in [5.41, 5.74) is 3.48. The predicted octanol–water partition coefficient (Wildman–Crippen LogP) is 1.58. The van der Waals surface area contributed by atoms with Gasteiger partial charge in [-0.2, -0.15) is 5.10 Å². The van der Waals surface area contributed by atoms with Gasteiger partial charge in [-0.3, -0.25) is 9.48 Å². The Morgan fingerprint density at radius 1 is 1.19 bits per heavy atom. The molecule has 0 spiro atoms. The van der Waals surface area contributed by atoms with Crippen molar-refractivity contribution in [1.82, 2.24) is 29.7 Å². The maximum absolute atomic E-state index is 12.5. The van der Waals surface area contributed by atoms with Crippen LogP contribution in [0.3, 0.4) is 0 Å². The Hall–Kier alpha value is -2.77. The van der Waals surface area contributed by atoms with Crippen LogP contribution in [0.25, 0.3) is 11.0 Å². The fourth-order valence-electron chi connectivity index (χ4n) is 4.02. The summed E-state index contributed by atoms with van der Waals surface area (Å²) in [6.07, 6.45) is 4.03. The molecule has 0 bridgehead atoms. The maximum atomic E-state index is 12.5. The molecule has 5 rings (SSSR count). The number of hydrogen-bond donors (Lipinski definition) is 1. The van der Waals surface area contributed by atoms with Gasteiger partial charge < -0.3 is 9.88 Å². The molecular weight excluding hydrogens is 342 g/mol. The molecule has 3 aromatic rings. The highest BCUT2D eigenvalue weighted by Crippen LogP contribution is 2.32. The van der Waals surface area contributed by atoms with E-state index in [1.165, 1.54) is 12.8 Å². The van der Waals surface area contributed by atoms with Crippen LogP contribution in [0.2, 0.25) is 0 Å². The quantitative estimate of drug-likeness (QED) is 0.757. The zero-order valence-corrected chi connectivity index (χ0v) is 15.9. The van der Waals surface area contributed by atoms with Crippen LogP contribution < -0.4 is 10.5 Å². The number of aromatic amines is 1. The summed E-state index contributed by atoms with van der Waals surface area (Å²) in [6.45, 7) is 5.22. The average Bonchev–Trinajstić information content (AvgIpc) is 3.39. The van der Waals surface area contributed by atoms with Gasteiger partial charge in [0.25, 0.3) is 5.56 Å². The molecule has 4 heterocycles. The minimum Gasteiger partial charge on any atom is -0.350 e.